The normalized spacial score (nSPS) is 35.8. The summed E-state index contributed by atoms with van der Waals surface area (Å²) >= 11 is 2.15. The van der Waals surface area contributed by atoms with E-state index in [4.69, 9.17) is 0 Å². The molecule has 1 N–H and O–H groups in total. The van der Waals surface area contributed by atoms with Crippen molar-refractivity contribution in [3.05, 3.63) is 0 Å². The highest BCUT2D eigenvalue weighted by molar-refractivity contribution is 8.00. The van der Waals surface area contributed by atoms with E-state index in [1.807, 2.05) is 0 Å². The fourth-order valence-electron chi connectivity index (χ4n) is 2.95. The quantitative estimate of drug-likeness (QED) is 0.814. The molecule has 0 aliphatic carbocycles. The van der Waals surface area contributed by atoms with Crippen LogP contribution in [-0.2, 0) is 0 Å². The van der Waals surface area contributed by atoms with E-state index in [1.54, 1.807) is 0 Å². The van der Waals surface area contributed by atoms with Gasteiger partial charge in [-0.1, -0.05) is 20.3 Å². The van der Waals surface area contributed by atoms with Crippen molar-refractivity contribution in [2.75, 3.05) is 25.4 Å². The van der Waals surface area contributed by atoms with Crippen LogP contribution in [0.15, 0.2) is 0 Å². The van der Waals surface area contributed by atoms with Crippen LogP contribution < -0.4 is 5.32 Å². The second kappa shape index (κ2) is 6.27. The van der Waals surface area contributed by atoms with Crippen LogP contribution in [0.4, 0.5) is 0 Å². The largest absolute Gasteiger partial charge is 0.313 e. The standard InChI is InChI=1S/C13H26N2S/c1-3-15(13-8-11(2)16-10-13)9-12-6-4-5-7-14-12/h11-14H,3-10H2,1-2H3. The molecule has 2 nitrogen and oxygen atoms in total. The minimum atomic E-state index is 0.759. The Morgan fingerprint density at radius 3 is 2.81 bits per heavy atom. The molecule has 0 saturated carbocycles. The summed E-state index contributed by atoms with van der Waals surface area (Å²) in [6.07, 6.45) is 5.57. The number of likely N-dealkylation sites (N-methyl/N-ethyl adjacent to an activating group) is 1. The van der Waals surface area contributed by atoms with E-state index < -0.39 is 0 Å². The number of nitrogens with one attached hydrogen (secondary N) is 1. The summed E-state index contributed by atoms with van der Waals surface area (Å²) in [7, 11) is 0. The minimum Gasteiger partial charge on any atom is -0.313 e. The molecule has 2 aliphatic heterocycles. The highest BCUT2D eigenvalue weighted by atomic mass is 32.2. The summed E-state index contributed by atoms with van der Waals surface area (Å²) in [6, 6.07) is 1.60. The van der Waals surface area contributed by atoms with Crippen LogP contribution in [0.2, 0.25) is 0 Å². The van der Waals surface area contributed by atoms with E-state index in [9.17, 15) is 0 Å². The summed E-state index contributed by atoms with van der Waals surface area (Å²) in [4.78, 5) is 2.71. The fourth-order valence-corrected chi connectivity index (χ4v) is 4.20. The van der Waals surface area contributed by atoms with Gasteiger partial charge in [-0.2, -0.15) is 11.8 Å². The van der Waals surface area contributed by atoms with Crippen LogP contribution in [0.1, 0.15) is 39.5 Å². The van der Waals surface area contributed by atoms with Crippen LogP contribution in [0.5, 0.6) is 0 Å². The summed E-state index contributed by atoms with van der Waals surface area (Å²) in [5.74, 6) is 1.35. The van der Waals surface area contributed by atoms with Gasteiger partial charge in [-0.3, -0.25) is 4.90 Å². The average molecular weight is 242 g/mol. The minimum absolute atomic E-state index is 0.759. The first-order valence-electron chi connectivity index (χ1n) is 6.88. The molecule has 2 aliphatic rings. The molecule has 2 heterocycles. The predicted octanol–water partition coefficient (Wildman–Crippen LogP) is 2.34. The van der Waals surface area contributed by atoms with E-state index in [2.05, 4.69) is 35.8 Å². The lowest BCUT2D eigenvalue weighted by molar-refractivity contribution is 0.184. The van der Waals surface area contributed by atoms with Crippen LogP contribution in [0.3, 0.4) is 0 Å². The van der Waals surface area contributed by atoms with Crippen molar-refractivity contribution < 1.29 is 0 Å². The average Bonchev–Trinajstić information content (AvgIpc) is 2.74. The number of thioether (sulfide) groups is 1. The molecule has 0 spiro atoms. The second-order valence-electron chi connectivity index (χ2n) is 5.27. The SMILES string of the molecule is CCN(CC1CCCCN1)C1CSC(C)C1. The Balaban J connectivity index is 1.80. The lowest BCUT2D eigenvalue weighted by Gasteiger charge is -2.33. The van der Waals surface area contributed by atoms with E-state index in [0.717, 1.165) is 17.3 Å². The van der Waals surface area contributed by atoms with Crippen molar-refractivity contribution in [1.82, 2.24) is 10.2 Å². The summed E-state index contributed by atoms with van der Waals surface area (Å²) in [5, 5.41) is 4.54. The van der Waals surface area contributed by atoms with E-state index in [1.165, 1.54) is 51.1 Å². The highest BCUT2D eigenvalue weighted by Crippen LogP contribution is 2.29. The first-order valence-corrected chi connectivity index (χ1v) is 7.93. The Bertz CT molecular complexity index is 204. The van der Waals surface area contributed by atoms with Crippen molar-refractivity contribution in [2.24, 2.45) is 0 Å². The Labute approximate surface area is 105 Å². The first-order chi connectivity index (χ1) is 7.79. The third-order valence-electron chi connectivity index (χ3n) is 3.97. The molecular formula is C13H26N2S. The van der Waals surface area contributed by atoms with Gasteiger partial charge in [-0.25, -0.2) is 0 Å². The van der Waals surface area contributed by atoms with Crippen LogP contribution >= 0.6 is 11.8 Å². The molecule has 2 saturated heterocycles. The molecule has 3 heteroatoms. The van der Waals surface area contributed by atoms with Gasteiger partial charge < -0.3 is 5.32 Å². The molecule has 0 amide bonds. The van der Waals surface area contributed by atoms with Gasteiger partial charge in [-0.15, -0.1) is 0 Å². The predicted molar refractivity (Wildman–Crippen MR) is 73.2 cm³/mol. The van der Waals surface area contributed by atoms with Crippen molar-refractivity contribution >= 4 is 11.8 Å². The van der Waals surface area contributed by atoms with Gasteiger partial charge in [0.05, 0.1) is 0 Å². The maximum absolute atomic E-state index is 3.67. The topological polar surface area (TPSA) is 15.3 Å². The summed E-state index contributed by atoms with van der Waals surface area (Å²) in [5.41, 5.74) is 0. The zero-order chi connectivity index (χ0) is 11.4. The van der Waals surface area contributed by atoms with Gasteiger partial charge >= 0.3 is 0 Å². The number of hydrogen-bond acceptors (Lipinski definition) is 3. The number of hydrogen-bond donors (Lipinski definition) is 1. The molecule has 3 unspecified atom stereocenters. The Morgan fingerprint density at radius 1 is 1.38 bits per heavy atom. The first kappa shape index (κ1) is 12.7. The molecule has 94 valence electrons. The molecule has 0 radical (unpaired) electrons. The lowest BCUT2D eigenvalue weighted by atomic mass is 10.0. The van der Waals surface area contributed by atoms with Crippen LogP contribution in [-0.4, -0.2) is 47.6 Å². The van der Waals surface area contributed by atoms with Crippen molar-refractivity contribution in [3.8, 4) is 0 Å². The van der Waals surface area contributed by atoms with E-state index >= 15 is 0 Å². The molecule has 0 bridgehead atoms. The molecule has 0 aromatic heterocycles. The lowest BCUT2D eigenvalue weighted by Crippen LogP contribution is -2.47. The maximum Gasteiger partial charge on any atom is 0.0197 e. The van der Waals surface area contributed by atoms with Gasteiger partial charge in [0.15, 0.2) is 0 Å². The van der Waals surface area contributed by atoms with Gasteiger partial charge in [0.1, 0.15) is 0 Å². The highest BCUT2D eigenvalue weighted by Gasteiger charge is 2.28. The number of piperidine rings is 1. The van der Waals surface area contributed by atoms with Crippen molar-refractivity contribution in [2.45, 2.75) is 56.9 Å². The molecule has 0 aromatic rings. The third-order valence-corrected chi connectivity index (χ3v) is 5.31. The molecule has 2 fully saturated rings. The fraction of sp³-hybridized carbons (Fsp3) is 1.00. The van der Waals surface area contributed by atoms with Gasteiger partial charge in [0, 0.05) is 29.6 Å². The van der Waals surface area contributed by atoms with Gasteiger partial charge in [0.25, 0.3) is 0 Å². The van der Waals surface area contributed by atoms with Gasteiger partial charge in [-0.05, 0) is 32.4 Å². The zero-order valence-electron chi connectivity index (χ0n) is 10.7. The van der Waals surface area contributed by atoms with Gasteiger partial charge in [0.2, 0.25) is 0 Å². The van der Waals surface area contributed by atoms with E-state index in [-0.39, 0.29) is 0 Å². The Morgan fingerprint density at radius 2 is 2.25 bits per heavy atom. The zero-order valence-corrected chi connectivity index (χ0v) is 11.6. The van der Waals surface area contributed by atoms with Crippen molar-refractivity contribution in [3.63, 3.8) is 0 Å². The second-order valence-corrected chi connectivity index (χ2v) is 6.74. The van der Waals surface area contributed by atoms with Crippen molar-refractivity contribution in [1.29, 1.82) is 0 Å². The molecule has 3 atom stereocenters. The van der Waals surface area contributed by atoms with Crippen LogP contribution in [0.25, 0.3) is 0 Å². The third kappa shape index (κ3) is 3.38. The smallest absolute Gasteiger partial charge is 0.0197 e. The molecular weight excluding hydrogens is 216 g/mol. The Hall–Kier alpha value is 0.270. The molecule has 2 rings (SSSR count). The number of nitrogens with zero attached hydrogens (tertiary/aromatic N) is 1. The summed E-state index contributed by atoms with van der Waals surface area (Å²) in [6.45, 7) is 8.41. The Kier molecular flexibility index (Phi) is 4.98. The number of rotatable bonds is 4. The van der Waals surface area contributed by atoms with Crippen LogP contribution in [0, 0.1) is 0 Å². The maximum atomic E-state index is 3.67. The molecule has 16 heavy (non-hydrogen) atoms. The summed E-state index contributed by atoms with van der Waals surface area (Å²) < 4.78 is 0. The van der Waals surface area contributed by atoms with E-state index in [0.29, 0.717) is 0 Å². The monoisotopic (exact) mass is 242 g/mol. The molecule has 0 aromatic carbocycles.